The predicted octanol–water partition coefficient (Wildman–Crippen LogP) is 6.97. The molecule has 3 aromatic rings. The van der Waals surface area contributed by atoms with Crippen LogP contribution in [0.2, 0.25) is 0 Å². The number of rotatable bonds is 4. The summed E-state index contributed by atoms with van der Waals surface area (Å²) in [5.41, 5.74) is -1.14. The highest BCUT2D eigenvalue weighted by Gasteiger charge is 2.61. The Bertz CT molecular complexity index is 1740. The minimum absolute atomic E-state index is 0.0234. The first-order chi connectivity index (χ1) is 22.0. The first kappa shape index (κ1) is 32.9. The molecule has 1 aromatic heterocycles. The van der Waals surface area contributed by atoms with Crippen LogP contribution in [0.4, 0.5) is 13.2 Å². The molecule has 0 saturated heterocycles. The molecule has 7 atom stereocenters. The van der Waals surface area contributed by atoms with E-state index in [1.807, 2.05) is 12.1 Å². The standard InChI is InChI=1S/C37H39F3N2O5/c1-20-11-16-27-28(35(27,4)5)17-21(2)33(44)36(46)18-22(3)31(43)29(36)32(20)47-34(45)26-19-42(25-9-7-6-8-10-25)41-30(26)23-12-14-24(15-13-23)37(38,39)40/h6-10,12-15,17,19,22,27-29,31-32,43,46H,1,11,16,18H2,2-5H3/b21-17+/t22-,27-,28+,29+,31-,32-,36+/m0/s1. The van der Waals surface area contributed by atoms with Gasteiger partial charge < -0.3 is 14.9 Å². The molecule has 3 aliphatic rings. The van der Waals surface area contributed by atoms with Crippen LogP contribution in [-0.4, -0.2) is 49.6 Å². The second-order valence-corrected chi connectivity index (χ2v) is 14.0. The van der Waals surface area contributed by atoms with Crippen LogP contribution in [0.15, 0.2) is 84.6 Å². The van der Waals surface area contributed by atoms with E-state index in [0.29, 0.717) is 29.7 Å². The minimum Gasteiger partial charge on any atom is -0.454 e. The Balaban J connectivity index is 1.42. The highest BCUT2D eigenvalue weighted by Crippen LogP contribution is 2.62. The van der Waals surface area contributed by atoms with E-state index in [2.05, 4.69) is 25.5 Å². The van der Waals surface area contributed by atoms with E-state index in [-0.39, 0.29) is 40.5 Å². The fourth-order valence-electron chi connectivity index (χ4n) is 7.75. The lowest BCUT2D eigenvalue weighted by Crippen LogP contribution is -2.52. The zero-order valence-electron chi connectivity index (χ0n) is 26.8. The van der Waals surface area contributed by atoms with E-state index >= 15 is 0 Å². The maximum Gasteiger partial charge on any atom is 0.416 e. The first-order valence-electron chi connectivity index (χ1n) is 15.9. The number of fused-ring (bicyclic) bond motifs is 2. The minimum atomic E-state index is -4.55. The normalized spacial score (nSPS) is 31.6. The van der Waals surface area contributed by atoms with Gasteiger partial charge in [0.15, 0.2) is 5.78 Å². The van der Waals surface area contributed by atoms with E-state index in [0.717, 1.165) is 12.1 Å². The van der Waals surface area contributed by atoms with Gasteiger partial charge in [-0.2, -0.15) is 18.3 Å². The van der Waals surface area contributed by atoms with Crippen molar-refractivity contribution in [3.63, 3.8) is 0 Å². The molecule has 0 unspecified atom stereocenters. The summed E-state index contributed by atoms with van der Waals surface area (Å²) < 4.78 is 47.6. The number of allylic oxidation sites excluding steroid dienone is 1. The average molecular weight is 649 g/mol. The van der Waals surface area contributed by atoms with E-state index in [4.69, 9.17) is 4.74 Å². The van der Waals surface area contributed by atoms with Crippen molar-refractivity contribution in [1.82, 2.24) is 9.78 Å². The molecule has 0 aliphatic heterocycles. The van der Waals surface area contributed by atoms with Crippen LogP contribution in [0.1, 0.15) is 62.9 Å². The molecule has 47 heavy (non-hydrogen) atoms. The Morgan fingerprint density at radius 1 is 1.11 bits per heavy atom. The lowest BCUT2D eigenvalue weighted by Gasteiger charge is -2.36. The van der Waals surface area contributed by atoms with Crippen LogP contribution >= 0.6 is 0 Å². The Kier molecular flexibility index (Phi) is 8.12. The lowest BCUT2D eigenvalue weighted by atomic mass is 9.77. The number of ketones is 1. The average Bonchev–Trinajstić information content (AvgIpc) is 3.28. The number of hydrogen-bond donors (Lipinski definition) is 2. The molecule has 7 nitrogen and oxygen atoms in total. The molecule has 2 aromatic carbocycles. The zero-order chi connectivity index (χ0) is 34.1. The van der Waals surface area contributed by atoms with Crippen LogP contribution < -0.4 is 0 Å². The summed E-state index contributed by atoms with van der Waals surface area (Å²) >= 11 is 0. The van der Waals surface area contributed by atoms with Crippen molar-refractivity contribution < 1.29 is 37.7 Å². The van der Waals surface area contributed by atoms with E-state index in [9.17, 15) is 33.0 Å². The maximum absolute atomic E-state index is 14.2. The van der Waals surface area contributed by atoms with Crippen LogP contribution in [0, 0.1) is 29.1 Å². The molecule has 0 radical (unpaired) electrons. The number of carbonyl (C=O) groups excluding carboxylic acids is 2. The Labute approximate surface area is 271 Å². The topological polar surface area (TPSA) is 102 Å². The number of aliphatic hydroxyl groups is 2. The smallest absolute Gasteiger partial charge is 0.416 e. The number of hydrogen-bond acceptors (Lipinski definition) is 6. The molecule has 0 amide bonds. The van der Waals surface area contributed by atoms with Crippen molar-refractivity contribution in [3.8, 4) is 16.9 Å². The highest BCUT2D eigenvalue weighted by molar-refractivity contribution is 6.02. The van der Waals surface area contributed by atoms with Gasteiger partial charge >= 0.3 is 12.1 Å². The summed E-state index contributed by atoms with van der Waals surface area (Å²) in [5, 5.41) is 28.1. The van der Waals surface area contributed by atoms with Crippen molar-refractivity contribution in [3.05, 3.63) is 95.7 Å². The predicted molar refractivity (Wildman–Crippen MR) is 169 cm³/mol. The fraction of sp³-hybridized carbons (Fsp3) is 0.432. The summed E-state index contributed by atoms with van der Waals surface area (Å²) in [6.07, 6.45) is -2.47. The van der Waals surface area contributed by atoms with Gasteiger partial charge in [0.05, 0.1) is 23.3 Å². The Morgan fingerprint density at radius 2 is 1.77 bits per heavy atom. The van der Waals surface area contributed by atoms with Gasteiger partial charge in [0, 0.05) is 11.8 Å². The number of benzene rings is 2. The van der Waals surface area contributed by atoms with Crippen molar-refractivity contribution >= 4 is 11.8 Å². The quantitative estimate of drug-likeness (QED) is 0.234. The van der Waals surface area contributed by atoms with Crippen LogP contribution in [-0.2, 0) is 15.7 Å². The zero-order valence-corrected chi connectivity index (χ0v) is 26.8. The van der Waals surface area contributed by atoms with Gasteiger partial charge in [-0.1, -0.05) is 63.8 Å². The largest absolute Gasteiger partial charge is 0.454 e. The number of ether oxygens (including phenoxy) is 1. The van der Waals surface area contributed by atoms with E-state index in [1.54, 1.807) is 38.1 Å². The molecular weight excluding hydrogens is 609 g/mol. The maximum atomic E-state index is 14.2. The van der Waals surface area contributed by atoms with E-state index < -0.39 is 53.1 Å². The molecule has 248 valence electrons. The number of para-hydroxylation sites is 1. The Morgan fingerprint density at radius 3 is 2.40 bits per heavy atom. The second kappa shape index (κ2) is 11.6. The van der Waals surface area contributed by atoms with Gasteiger partial charge in [0.1, 0.15) is 23.0 Å². The molecule has 1 heterocycles. The second-order valence-electron chi connectivity index (χ2n) is 14.0. The van der Waals surface area contributed by atoms with Gasteiger partial charge in [-0.25, -0.2) is 9.48 Å². The molecule has 3 aliphatic carbocycles. The number of Topliss-reactive ketones (excluding diaryl/α,β-unsaturated/α-hetero) is 1. The summed E-state index contributed by atoms with van der Waals surface area (Å²) in [7, 11) is 0. The van der Waals surface area contributed by atoms with Crippen molar-refractivity contribution in [2.75, 3.05) is 0 Å². The molecular formula is C37H39F3N2O5. The third-order valence-electron chi connectivity index (χ3n) is 10.6. The molecule has 0 spiro atoms. The number of aromatic nitrogens is 2. The van der Waals surface area contributed by atoms with Gasteiger partial charge in [0.25, 0.3) is 0 Å². The molecule has 2 N–H and O–H groups in total. The fourth-order valence-corrected chi connectivity index (χ4v) is 7.75. The summed E-state index contributed by atoms with van der Waals surface area (Å²) in [5.74, 6) is -2.66. The number of aliphatic hydroxyl groups excluding tert-OH is 1. The van der Waals surface area contributed by atoms with Crippen LogP contribution in [0.5, 0.6) is 0 Å². The molecule has 2 saturated carbocycles. The third-order valence-corrected chi connectivity index (χ3v) is 10.6. The lowest BCUT2D eigenvalue weighted by molar-refractivity contribution is -0.144. The molecule has 2 fully saturated rings. The van der Waals surface area contributed by atoms with Crippen molar-refractivity contribution in [2.45, 2.75) is 70.9 Å². The number of nitrogens with zero attached hydrogens (tertiary/aromatic N) is 2. The highest BCUT2D eigenvalue weighted by atomic mass is 19.4. The Hall–Kier alpha value is -4.02. The SMILES string of the molecule is C=C1CC[C@H]2[C@@H](/C=C(\C)C(=O)[C@@]3(O)C[C@H](C)[C@H](O)[C@@H]3[C@H]1OC(=O)c1cn(-c3ccccc3)nc1-c1ccc(C(F)(F)F)cc1)C2(C)C. The number of carbonyl (C=O) groups is 2. The van der Waals surface area contributed by atoms with Gasteiger partial charge in [-0.15, -0.1) is 0 Å². The van der Waals surface area contributed by atoms with Gasteiger partial charge in [-0.05, 0) is 84.8 Å². The van der Waals surface area contributed by atoms with Crippen LogP contribution in [0.3, 0.4) is 0 Å². The first-order valence-corrected chi connectivity index (χ1v) is 15.9. The van der Waals surface area contributed by atoms with Crippen molar-refractivity contribution in [2.24, 2.45) is 29.1 Å². The summed E-state index contributed by atoms with van der Waals surface area (Å²) in [4.78, 5) is 28.1. The van der Waals surface area contributed by atoms with Gasteiger partial charge in [0.2, 0.25) is 0 Å². The van der Waals surface area contributed by atoms with E-state index in [1.165, 1.54) is 23.0 Å². The number of alkyl halides is 3. The van der Waals surface area contributed by atoms with Crippen molar-refractivity contribution in [1.29, 1.82) is 0 Å². The summed E-state index contributed by atoms with van der Waals surface area (Å²) in [6, 6.07) is 13.2. The monoisotopic (exact) mass is 648 g/mol. The summed E-state index contributed by atoms with van der Waals surface area (Å²) in [6.45, 7) is 11.9. The number of esters is 1. The molecule has 10 heteroatoms. The number of halogens is 3. The third kappa shape index (κ3) is 5.75. The molecule has 0 bridgehead atoms. The van der Waals surface area contributed by atoms with Gasteiger partial charge in [-0.3, -0.25) is 4.79 Å². The van der Waals surface area contributed by atoms with Crippen LogP contribution in [0.25, 0.3) is 16.9 Å². The molecule has 6 rings (SSSR count).